The second-order valence-electron chi connectivity index (χ2n) is 6.47. The molecule has 0 radical (unpaired) electrons. The average molecular weight is 367 g/mol. The number of anilines is 1. The van der Waals surface area contributed by atoms with E-state index in [-0.39, 0.29) is 18.6 Å². The fourth-order valence-corrected chi connectivity index (χ4v) is 3.41. The lowest BCUT2D eigenvalue weighted by Gasteiger charge is -2.34. The number of benzene rings is 1. The fraction of sp³-hybridized carbons (Fsp3) is 0.368. The van der Waals surface area contributed by atoms with Gasteiger partial charge in [0, 0.05) is 13.1 Å². The van der Waals surface area contributed by atoms with E-state index in [9.17, 15) is 4.79 Å². The zero-order valence-corrected chi connectivity index (χ0v) is 15.3. The molecule has 1 aromatic carbocycles. The molecule has 3 heterocycles. The van der Waals surface area contributed by atoms with E-state index in [2.05, 4.69) is 39.0 Å². The molecular weight excluding hydrogens is 346 g/mol. The van der Waals surface area contributed by atoms with Crippen LogP contribution in [0.1, 0.15) is 17.2 Å². The van der Waals surface area contributed by atoms with Crippen molar-refractivity contribution in [1.29, 1.82) is 0 Å². The number of esters is 1. The van der Waals surface area contributed by atoms with Crippen molar-refractivity contribution < 1.29 is 14.3 Å². The highest BCUT2D eigenvalue weighted by Gasteiger charge is 2.26. The number of rotatable bonds is 4. The lowest BCUT2D eigenvalue weighted by molar-refractivity contribution is -0.141. The van der Waals surface area contributed by atoms with Crippen molar-refractivity contribution >= 4 is 22.8 Å². The number of aryl methyl sites for hydroxylation is 1. The number of nitrogens with zero attached hydrogens (tertiary/aromatic N) is 5. The predicted octanol–water partition coefficient (Wildman–Crippen LogP) is 1.89. The fourth-order valence-electron chi connectivity index (χ4n) is 3.41. The number of morpholine rings is 1. The van der Waals surface area contributed by atoms with E-state index in [1.807, 2.05) is 12.1 Å². The number of methoxy groups -OCH3 is 1. The van der Waals surface area contributed by atoms with Crippen molar-refractivity contribution in [2.24, 2.45) is 0 Å². The lowest BCUT2D eigenvalue weighted by Crippen LogP contribution is -2.39. The highest BCUT2D eigenvalue weighted by atomic mass is 16.5. The smallest absolute Gasteiger partial charge is 0.327 e. The van der Waals surface area contributed by atoms with Gasteiger partial charge in [0.05, 0.1) is 25.3 Å². The van der Waals surface area contributed by atoms with E-state index in [0.717, 1.165) is 17.7 Å². The first kappa shape index (κ1) is 17.4. The maximum absolute atomic E-state index is 11.6. The van der Waals surface area contributed by atoms with Crippen LogP contribution in [0.15, 0.2) is 36.8 Å². The van der Waals surface area contributed by atoms with Crippen LogP contribution < -0.4 is 4.90 Å². The molecule has 1 fully saturated rings. The molecule has 3 aromatic rings. The standard InChI is InChI=1S/C19H21N5O3/c1-13-5-3-4-6-14(13)16-10-23(7-8-27-16)18-15-9-22-24(11-17(25)26-2)19(15)21-12-20-18/h3-6,9,12,16H,7-8,10-11H2,1-2H3. The highest BCUT2D eigenvalue weighted by Crippen LogP contribution is 2.30. The van der Waals surface area contributed by atoms with E-state index in [4.69, 9.17) is 9.47 Å². The van der Waals surface area contributed by atoms with Gasteiger partial charge in [-0.15, -0.1) is 0 Å². The number of hydrogen-bond donors (Lipinski definition) is 0. The molecule has 140 valence electrons. The van der Waals surface area contributed by atoms with Crippen molar-refractivity contribution in [3.63, 3.8) is 0 Å². The van der Waals surface area contributed by atoms with Crippen molar-refractivity contribution in [3.05, 3.63) is 47.9 Å². The van der Waals surface area contributed by atoms with Gasteiger partial charge < -0.3 is 14.4 Å². The van der Waals surface area contributed by atoms with Crippen LogP contribution in [0, 0.1) is 6.92 Å². The minimum absolute atomic E-state index is 0.0184. The zero-order valence-electron chi connectivity index (χ0n) is 15.3. The Morgan fingerprint density at radius 3 is 3.00 bits per heavy atom. The normalized spacial score (nSPS) is 17.3. The Bertz CT molecular complexity index is 971. The molecule has 1 aliphatic heterocycles. The quantitative estimate of drug-likeness (QED) is 0.651. The first-order chi connectivity index (χ1) is 13.2. The van der Waals surface area contributed by atoms with Crippen LogP contribution in [0.4, 0.5) is 5.82 Å². The number of hydrogen-bond acceptors (Lipinski definition) is 7. The molecule has 0 N–H and O–H groups in total. The van der Waals surface area contributed by atoms with Gasteiger partial charge in [-0.05, 0) is 18.1 Å². The number of fused-ring (bicyclic) bond motifs is 1. The van der Waals surface area contributed by atoms with Crippen LogP contribution in [-0.4, -0.2) is 52.5 Å². The van der Waals surface area contributed by atoms with Gasteiger partial charge in [0.25, 0.3) is 0 Å². The van der Waals surface area contributed by atoms with Crippen LogP contribution in [-0.2, 0) is 20.8 Å². The zero-order chi connectivity index (χ0) is 18.8. The van der Waals surface area contributed by atoms with Gasteiger partial charge in [0.1, 0.15) is 24.8 Å². The molecule has 27 heavy (non-hydrogen) atoms. The molecule has 8 heteroatoms. The van der Waals surface area contributed by atoms with Crippen LogP contribution in [0.3, 0.4) is 0 Å². The summed E-state index contributed by atoms with van der Waals surface area (Å²) in [4.78, 5) is 22.6. The SMILES string of the molecule is COC(=O)Cn1ncc2c(N3CCOC(c4ccccc4C)C3)ncnc21. The topological polar surface area (TPSA) is 82.4 Å². The summed E-state index contributed by atoms with van der Waals surface area (Å²) in [5, 5.41) is 5.10. The molecule has 0 saturated carbocycles. The molecule has 8 nitrogen and oxygen atoms in total. The molecule has 0 bridgehead atoms. The van der Waals surface area contributed by atoms with Crippen LogP contribution in [0.5, 0.6) is 0 Å². The van der Waals surface area contributed by atoms with E-state index in [1.54, 1.807) is 6.20 Å². The van der Waals surface area contributed by atoms with E-state index in [1.165, 1.54) is 29.2 Å². The average Bonchev–Trinajstić information content (AvgIpc) is 3.11. The third-order valence-electron chi connectivity index (χ3n) is 4.82. The first-order valence-electron chi connectivity index (χ1n) is 8.83. The lowest BCUT2D eigenvalue weighted by atomic mass is 10.0. The van der Waals surface area contributed by atoms with Crippen molar-refractivity contribution in [2.45, 2.75) is 19.6 Å². The molecule has 1 aliphatic rings. The number of carbonyl (C=O) groups is 1. The van der Waals surface area contributed by atoms with Gasteiger partial charge >= 0.3 is 5.97 Å². The Labute approximate surface area is 156 Å². The van der Waals surface area contributed by atoms with Gasteiger partial charge in [0.15, 0.2) is 5.65 Å². The summed E-state index contributed by atoms with van der Waals surface area (Å²) in [6, 6.07) is 8.26. The van der Waals surface area contributed by atoms with Gasteiger partial charge in [0.2, 0.25) is 0 Å². The third-order valence-corrected chi connectivity index (χ3v) is 4.82. The number of ether oxygens (including phenoxy) is 2. The number of carbonyl (C=O) groups excluding carboxylic acids is 1. The second kappa shape index (κ2) is 7.32. The molecule has 0 aliphatic carbocycles. The van der Waals surface area contributed by atoms with Crippen molar-refractivity contribution in [2.75, 3.05) is 31.7 Å². The molecule has 1 saturated heterocycles. The van der Waals surface area contributed by atoms with Crippen LogP contribution in [0.25, 0.3) is 11.0 Å². The summed E-state index contributed by atoms with van der Waals surface area (Å²) in [6.45, 7) is 4.15. The Balaban J connectivity index is 1.64. The molecule has 2 aromatic heterocycles. The summed E-state index contributed by atoms with van der Waals surface area (Å²) < 4.78 is 12.3. The summed E-state index contributed by atoms with van der Waals surface area (Å²) in [7, 11) is 1.36. The Morgan fingerprint density at radius 2 is 2.19 bits per heavy atom. The van der Waals surface area contributed by atoms with Crippen molar-refractivity contribution in [1.82, 2.24) is 19.7 Å². The highest BCUT2D eigenvalue weighted by molar-refractivity contribution is 5.87. The molecule has 0 amide bonds. The van der Waals surface area contributed by atoms with Crippen molar-refractivity contribution in [3.8, 4) is 0 Å². The van der Waals surface area contributed by atoms with E-state index >= 15 is 0 Å². The molecule has 1 unspecified atom stereocenters. The van der Waals surface area contributed by atoms with Gasteiger partial charge in [-0.3, -0.25) is 4.79 Å². The summed E-state index contributed by atoms with van der Waals surface area (Å²) in [5.74, 6) is 0.434. The summed E-state index contributed by atoms with van der Waals surface area (Å²) in [5.41, 5.74) is 3.02. The molecule has 1 atom stereocenters. The number of aromatic nitrogens is 4. The van der Waals surface area contributed by atoms with E-state index in [0.29, 0.717) is 18.8 Å². The Morgan fingerprint density at radius 1 is 1.33 bits per heavy atom. The maximum Gasteiger partial charge on any atom is 0.327 e. The first-order valence-corrected chi connectivity index (χ1v) is 8.83. The third kappa shape index (κ3) is 3.35. The van der Waals surface area contributed by atoms with Gasteiger partial charge in [-0.25, -0.2) is 14.6 Å². The summed E-state index contributed by atoms with van der Waals surface area (Å²) in [6.07, 6.45) is 3.19. The Kier molecular flexibility index (Phi) is 4.72. The monoisotopic (exact) mass is 367 g/mol. The molecule has 0 spiro atoms. The Hall–Kier alpha value is -3.00. The predicted molar refractivity (Wildman–Crippen MR) is 99.4 cm³/mol. The van der Waals surface area contributed by atoms with E-state index < -0.39 is 0 Å². The largest absolute Gasteiger partial charge is 0.468 e. The maximum atomic E-state index is 11.6. The van der Waals surface area contributed by atoms with Gasteiger partial charge in [-0.1, -0.05) is 24.3 Å². The molecule has 4 rings (SSSR count). The van der Waals surface area contributed by atoms with Crippen LogP contribution in [0.2, 0.25) is 0 Å². The molecular formula is C19H21N5O3. The van der Waals surface area contributed by atoms with Crippen LogP contribution >= 0.6 is 0 Å². The minimum Gasteiger partial charge on any atom is -0.468 e. The van der Waals surface area contributed by atoms with Gasteiger partial charge in [-0.2, -0.15) is 5.10 Å². The summed E-state index contributed by atoms with van der Waals surface area (Å²) >= 11 is 0. The second-order valence-corrected chi connectivity index (χ2v) is 6.47. The minimum atomic E-state index is -0.369.